The molecule has 1 aliphatic rings. The normalized spacial score (nSPS) is 16.7. The van der Waals surface area contributed by atoms with Crippen LogP contribution in [0, 0.1) is 5.92 Å². The topological polar surface area (TPSA) is 55.0 Å². The first-order valence-electron chi connectivity index (χ1n) is 8.07. The zero-order valence-corrected chi connectivity index (χ0v) is 14.6. The summed E-state index contributed by atoms with van der Waals surface area (Å²) >= 11 is 0. The lowest BCUT2D eigenvalue weighted by atomic mass is 10.00. The molecule has 0 spiro atoms. The van der Waals surface area contributed by atoms with E-state index >= 15 is 0 Å². The quantitative estimate of drug-likeness (QED) is 0.928. The summed E-state index contributed by atoms with van der Waals surface area (Å²) in [6.45, 7) is 6.41. The van der Waals surface area contributed by atoms with Gasteiger partial charge in [0.25, 0.3) is 0 Å². The van der Waals surface area contributed by atoms with Crippen LogP contribution in [0.1, 0.15) is 38.3 Å². The minimum Gasteiger partial charge on any atom is -0.341 e. The van der Waals surface area contributed by atoms with Crippen LogP contribution in [-0.4, -0.2) is 23.1 Å². The van der Waals surface area contributed by atoms with Crippen LogP contribution in [0.5, 0.6) is 0 Å². The summed E-state index contributed by atoms with van der Waals surface area (Å²) in [6.07, 6.45) is 4.29. The molecule has 3 rings (SSSR count). The van der Waals surface area contributed by atoms with Gasteiger partial charge in [0.15, 0.2) is 0 Å². The molecule has 0 saturated carbocycles. The van der Waals surface area contributed by atoms with Crippen molar-refractivity contribution >= 4 is 18.4 Å². The first-order chi connectivity index (χ1) is 10.6. The Kier molecular flexibility index (Phi) is 5.97. The zero-order chi connectivity index (χ0) is 15.5. The van der Waals surface area contributed by atoms with Gasteiger partial charge in [-0.2, -0.15) is 0 Å². The number of rotatable bonds is 3. The third-order valence-corrected chi connectivity index (χ3v) is 4.44. The number of halogens is 1. The highest BCUT2D eigenvalue weighted by atomic mass is 35.5. The third-order valence-electron chi connectivity index (χ3n) is 4.44. The largest absolute Gasteiger partial charge is 0.341 e. The van der Waals surface area contributed by atoms with Gasteiger partial charge in [0, 0.05) is 30.9 Å². The summed E-state index contributed by atoms with van der Waals surface area (Å²) in [7, 11) is 0. The Bertz CT molecular complexity index is 619. The van der Waals surface area contributed by atoms with Crippen molar-refractivity contribution in [3.8, 4) is 11.3 Å². The van der Waals surface area contributed by atoms with Crippen molar-refractivity contribution in [1.29, 1.82) is 0 Å². The molecule has 2 aromatic rings. The lowest BCUT2D eigenvalue weighted by Crippen LogP contribution is -2.34. The minimum atomic E-state index is 0. The Labute approximate surface area is 144 Å². The van der Waals surface area contributed by atoms with Gasteiger partial charge < -0.3 is 10.6 Å². The number of benzene rings is 1. The maximum Gasteiger partial charge on any atom is 0.225 e. The van der Waals surface area contributed by atoms with Crippen molar-refractivity contribution in [3.63, 3.8) is 0 Å². The van der Waals surface area contributed by atoms with E-state index in [1.807, 2.05) is 19.2 Å². The SMILES string of the molecule is CC1CCN(c2nccc(-c3ccc(C(C)N)cc3)n2)CC1.Cl. The van der Waals surface area contributed by atoms with E-state index in [0.29, 0.717) is 0 Å². The molecule has 2 N–H and O–H groups in total. The molecule has 0 aliphatic carbocycles. The first-order valence-corrected chi connectivity index (χ1v) is 8.07. The van der Waals surface area contributed by atoms with Gasteiger partial charge in [0.05, 0.1) is 5.69 Å². The molecule has 0 amide bonds. The molecule has 4 nitrogen and oxygen atoms in total. The summed E-state index contributed by atoms with van der Waals surface area (Å²) in [6, 6.07) is 10.4. The van der Waals surface area contributed by atoms with Crippen molar-refractivity contribution in [2.45, 2.75) is 32.7 Å². The van der Waals surface area contributed by atoms with Crippen molar-refractivity contribution < 1.29 is 0 Å². The number of nitrogens with zero attached hydrogens (tertiary/aromatic N) is 3. The molecule has 2 heterocycles. The summed E-state index contributed by atoms with van der Waals surface area (Å²) in [4.78, 5) is 11.5. The van der Waals surface area contributed by atoms with Crippen LogP contribution >= 0.6 is 12.4 Å². The number of hydrogen-bond acceptors (Lipinski definition) is 4. The van der Waals surface area contributed by atoms with Crippen LogP contribution in [-0.2, 0) is 0 Å². The fraction of sp³-hybridized carbons (Fsp3) is 0.444. The molecule has 5 heteroatoms. The molecule has 1 atom stereocenters. The fourth-order valence-electron chi connectivity index (χ4n) is 2.83. The predicted molar refractivity (Wildman–Crippen MR) is 97.9 cm³/mol. The summed E-state index contributed by atoms with van der Waals surface area (Å²) in [5, 5.41) is 0. The van der Waals surface area contributed by atoms with E-state index in [1.54, 1.807) is 0 Å². The smallest absolute Gasteiger partial charge is 0.225 e. The Morgan fingerprint density at radius 3 is 2.39 bits per heavy atom. The number of aromatic nitrogens is 2. The highest BCUT2D eigenvalue weighted by molar-refractivity contribution is 5.85. The summed E-state index contributed by atoms with van der Waals surface area (Å²) in [5.74, 6) is 1.66. The second-order valence-corrected chi connectivity index (χ2v) is 6.32. The van der Waals surface area contributed by atoms with Crippen LogP contribution in [0.2, 0.25) is 0 Å². The Hall–Kier alpha value is -1.65. The van der Waals surface area contributed by atoms with Gasteiger partial charge in [0.2, 0.25) is 5.95 Å². The minimum absolute atomic E-state index is 0. The van der Waals surface area contributed by atoms with Gasteiger partial charge in [-0.1, -0.05) is 31.2 Å². The molecule has 1 fully saturated rings. The summed E-state index contributed by atoms with van der Waals surface area (Å²) in [5.41, 5.74) is 9.13. The second kappa shape index (κ2) is 7.75. The fourth-order valence-corrected chi connectivity index (χ4v) is 2.83. The van der Waals surface area contributed by atoms with Crippen LogP contribution in [0.15, 0.2) is 36.5 Å². The summed E-state index contributed by atoms with van der Waals surface area (Å²) < 4.78 is 0. The lowest BCUT2D eigenvalue weighted by molar-refractivity contribution is 0.434. The second-order valence-electron chi connectivity index (χ2n) is 6.32. The van der Waals surface area contributed by atoms with Crippen LogP contribution in [0.4, 0.5) is 5.95 Å². The van der Waals surface area contributed by atoms with E-state index < -0.39 is 0 Å². The molecule has 124 valence electrons. The van der Waals surface area contributed by atoms with E-state index in [9.17, 15) is 0 Å². The van der Waals surface area contributed by atoms with Gasteiger partial charge in [-0.25, -0.2) is 9.97 Å². The van der Waals surface area contributed by atoms with E-state index in [-0.39, 0.29) is 18.4 Å². The Balaban J connectivity index is 0.00000192. The highest BCUT2D eigenvalue weighted by Gasteiger charge is 2.18. The average molecular weight is 333 g/mol. The number of hydrogen-bond donors (Lipinski definition) is 1. The van der Waals surface area contributed by atoms with Crippen molar-refractivity contribution in [2.24, 2.45) is 11.7 Å². The monoisotopic (exact) mass is 332 g/mol. The third kappa shape index (κ3) is 4.21. The molecule has 1 unspecified atom stereocenters. The molecule has 0 bridgehead atoms. The van der Waals surface area contributed by atoms with Gasteiger partial charge in [0.1, 0.15) is 0 Å². The average Bonchev–Trinajstić information content (AvgIpc) is 2.56. The Morgan fingerprint density at radius 1 is 1.13 bits per heavy atom. The maximum absolute atomic E-state index is 5.90. The van der Waals surface area contributed by atoms with Crippen molar-refractivity contribution in [1.82, 2.24) is 9.97 Å². The number of piperidine rings is 1. The molecule has 1 aromatic carbocycles. The predicted octanol–water partition coefficient (Wildman–Crippen LogP) is 3.82. The zero-order valence-electron chi connectivity index (χ0n) is 13.8. The van der Waals surface area contributed by atoms with Crippen LogP contribution in [0.25, 0.3) is 11.3 Å². The number of nitrogens with two attached hydrogens (primary N) is 1. The van der Waals surface area contributed by atoms with E-state index in [4.69, 9.17) is 10.7 Å². The number of anilines is 1. The van der Waals surface area contributed by atoms with Gasteiger partial charge in [-0.3, -0.25) is 0 Å². The van der Waals surface area contributed by atoms with Crippen molar-refractivity contribution in [3.05, 3.63) is 42.1 Å². The van der Waals surface area contributed by atoms with Crippen molar-refractivity contribution in [2.75, 3.05) is 18.0 Å². The standard InChI is InChI=1S/C18H24N4.ClH/c1-13-8-11-22(12-9-13)18-20-10-7-17(21-18)16-5-3-15(4-6-16)14(2)19;/h3-7,10,13-14H,8-9,11-12,19H2,1-2H3;1H. The van der Waals surface area contributed by atoms with Gasteiger partial charge in [-0.05, 0) is 37.3 Å². The molecule has 1 aromatic heterocycles. The highest BCUT2D eigenvalue weighted by Crippen LogP contribution is 2.24. The first kappa shape index (κ1) is 17.7. The maximum atomic E-state index is 5.90. The Morgan fingerprint density at radius 2 is 1.78 bits per heavy atom. The lowest BCUT2D eigenvalue weighted by Gasteiger charge is -2.30. The molecule has 1 saturated heterocycles. The van der Waals surface area contributed by atoms with E-state index in [2.05, 4.69) is 41.1 Å². The molecule has 0 radical (unpaired) electrons. The van der Waals surface area contributed by atoms with Gasteiger partial charge in [-0.15, -0.1) is 12.4 Å². The van der Waals surface area contributed by atoms with Crippen LogP contribution in [0.3, 0.4) is 0 Å². The molecular weight excluding hydrogens is 308 g/mol. The molecule has 1 aliphatic heterocycles. The van der Waals surface area contributed by atoms with Gasteiger partial charge >= 0.3 is 0 Å². The van der Waals surface area contributed by atoms with E-state index in [1.165, 1.54) is 12.8 Å². The molecule has 23 heavy (non-hydrogen) atoms. The molecular formula is C18H25ClN4. The van der Waals surface area contributed by atoms with E-state index in [0.717, 1.165) is 41.8 Å². The van der Waals surface area contributed by atoms with Crippen LogP contribution < -0.4 is 10.6 Å².